The number of carbonyl (C=O) groups is 1. The van der Waals surface area contributed by atoms with Crippen molar-refractivity contribution in [2.75, 3.05) is 33.4 Å². The topological polar surface area (TPSA) is 72.8 Å². The smallest absolute Gasteiger partial charge is 0.251 e. The predicted octanol–water partition coefficient (Wildman–Crippen LogP) is 2.42. The van der Waals surface area contributed by atoms with Gasteiger partial charge in [0.25, 0.3) is 5.56 Å². The minimum atomic E-state index is -0.223. The van der Waals surface area contributed by atoms with E-state index in [4.69, 9.17) is 9.47 Å². The number of benzene rings is 1. The fourth-order valence-electron chi connectivity index (χ4n) is 3.40. The largest absolute Gasteiger partial charge is 0.492 e. The number of hydrogen-bond acceptors (Lipinski definition) is 5. The Morgan fingerprint density at radius 1 is 1.30 bits per heavy atom. The zero-order valence-corrected chi connectivity index (χ0v) is 18.8. The number of pyridine rings is 1. The molecule has 1 aliphatic heterocycles. The Kier molecular flexibility index (Phi) is 8.48. The Balaban J connectivity index is 1.44. The van der Waals surface area contributed by atoms with Crippen LogP contribution in [0.1, 0.15) is 18.4 Å². The maximum absolute atomic E-state index is 12.2. The Hall–Kier alpha value is -2.16. The summed E-state index contributed by atoms with van der Waals surface area (Å²) < 4.78 is 13.4. The van der Waals surface area contributed by atoms with Gasteiger partial charge in [-0.1, -0.05) is 12.1 Å². The maximum atomic E-state index is 12.2. The average molecular weight is 478 g/mol. The summed E-state index contributed by atoms with van der Waals surface area (Å²) in [6.45, 7) is 3.48. The van der Waals surface area contributed by atoms with Crippen LogP contribution in [0.5, 0.6) is 5.75 Å². The Morgan fingerprint density at radius 2 is 2.10 bits per heavy atom. The number of nitrogens with zero attached hydrogens (tertiary/aromatic N) is 2. The maximum Gasteiger partial charge on any atom is 0.251 e. The Morgan fingerprint density at radius 3 is 2.90 bits per heavy atom. The van der Waals surface area contributed by atoms with E-state index < -0.39 is 0 Å². The van der Waals surface area contributed by atoms with E-state index in [9.17, 15) is 9.59 Å². The highest BCUT2D eigenvalue weighted by molar-refractivity contribution is 9.10. The van der Waals surface area contributed by atoms with Gasteiger partial charge in [0.15, 0.2) is 0 Å². The zero-order chi connectivity index (χ0) is 21.3. The van der Waals surface area contributed by atoms with Crippen LogP contribution in [0, 0.1) is 0 Å². The van der Waals surface area contributed by atoms with Gasteiger partial charge in [0.1, 0.15) is 18.9 Å². The van der Waals surface area contributed by atoms with Crippen molar-refractivity contribution in [1.82, 2.24) is 14.8 Å². The molecule has 1 saturated heterocycles. The normalized spacial score (nSPS) is 14.6. The quantitative estimate of drug-likeness (QED) is 0.600. The van der Waals surface area contributed by atoms with E-state index in [1.54, 1.807) is 12.3 Å². The van der Waals surface area contributed by atoms with E-state index in [2.05, 4.69) is 33.2 Å². The molecule has 2 heterocycles. The molecule has 0 aliphatic carbocycles. The molecular weight excluding hydrogens is 450 g/mol. The number of hydrogen-bond donors (Lipinski definition) is 1. The van der Waals surface area contributed by atoms with Gasteiger partial charge < -0.3 is 19.4 Å². The van der Waals surface area contributed by atoms with Crippen LogP contribution in [0.15, 0.2) is 51.9 Å². The van der Waals surface area contributed by atoms with Crippen LogP contribution in [-0.4, -0.2) is 54.8 Å². The first-order valence-corrected chi connectivity index (χ1v) is 10.9. The van der Waals surface area contributed by atoms with E-state index in [1.807, 2.05) is 24.3 Å². The van der Waals surface area contributed by atoms with E-state index in [0.717, 1.165) is 48.4 Å². The fourth-order valence-corrected chi connectivity index (χ4v) is 3.78. The van der Waals surface area contributed by atoms with E-state index in [1.165, 1.54) is 10.6 Å². The van der Waals surface area contributed by atoms with Crippen molar-refractivity contribution in [3.05, 3.63) is 63.0 Å². The van der Waals surface area contributed by atoms with Crippen LogP contribution in [0.3, 0.4) is 0 Å². The van der Waals surface area contributed by atoms with Crippen LogP contribution in [0.2, 0.25) is 0 Å². The number of amides is 1. The lowest BCUT2D eigenvalue weighted by atomic mass is 10.1. The molecule has 1 aromatic carbocycles. The summed E-state index contributed by atoms with van der Waals surface area (Å²) in [5.41, 5.74) is 0.731. The van der Waals surface area contributed by atoms with Gasteiger partial charge in [-0.25, -0.2) is 0 Å². The van der Waals surface area contributed by atoms with Gasteiger partial charge in [-0.3, -0.25) is 14.5 Å². The van der Waals surface area contributed by atoms with Crippen molar-refractivity contribution in [2.24, 2.45) is 0 Å². The molecule has 0 bridgehead atoms. The van der Waals surface area contributed by atoms with Crippen molar-refractivity contribution in [1.29, 1.82) is 0 Å². The van der Waals surface area contributed by atoms with Gasteiger partial charge in [0.05, 0.1) is 0 Å². The van der Waals surface area contributed by atoms with Crippen LogP contribution in [0.25, 0.3) is 0 Å². The molecule has 0 saturated carbocycles. The standard InChI is InChI=1S/C22H28BrN3O4/c1-25(19-7-10-29-11-8-19)9-12-30-20-4-2-3-17(13-20)14-24-21(27)16-26-15-18(23)5-6-22(26)28/h2-6,13,15,19H,7-12,14,16H2,1H3,(H,24,27). The second kappa shape index (κ2) is 11.3. The van der Waals surface area contributed by atoms with Crippen molar-refractivity contribution in [3.8, 4) is 5.75 Å². The lowest BCUT2D eigenvalue weighted by Gasteiger charge is -2.31. The molecular formula is C22H28BrN3O4. The second-order valence-corrected chi connectivity index (χ2v) is 8.33. The van der Waals surface area contributed by atoms with Gasteiger partial charge in [0, 0.05) is 49.1 Å². The summed E-state index contributed by atoms with van der Waals surface area (Å²) in [5.74, 6) is 0.560. The first-order chi connectivity index (χ1) is 14.5. The number of carbonyl (C=O) groups excluding carboxylic acids is 1. The SMILES string of the molecule is CN(CCOc1cccc(CNC(=O)Cn2cc(Br)ccc2=O)c1)C1CCOCC1. The van der Waals surface area contributed by atoms with Crippen LogP contribution >= 0.6 is 15.9 Å². The highest BCUT2D eigenvalue weighted by Gasteiger charge is 2.18. The molecule has 3 rings (SSSR count). The minimum Gasteiger partial charge on any atom is -0.492 e. The van der Waals surface area contributed by atoms with Gasteiger partial charge in [-0.15, -0.1) is 0 Å². The lowest BCUT2D eigenvalue weighted by Crippen LogP contribution is -2.38. The van der Waals surface area contributed by atoms with Crippen LogP contribution in [-0.2, 0) is 22.6 Å². The third-order valence-corrected chi connectivity index (χ3v) is 5.65. The summed E-state index contributed by atoms with van der Waals surface area (Å²) in [6, 6.07) is 11.3. The number of halogens is 1. The third-order valence-electron chi connectivity index (χ3n) is 5.18. The van der Waals surface area contributed by atoms with Gasteiger partial charge in [0.2, 0.25) is 5.91 Å². The number of nitrogens with one attached hydrogen (secondary N) is 1. The molecule has 1 N–H and O–H groups in total. The fraction of sp³-hybridized carbons (Fsp3) is 0.455. The molecule has 1 aromatic heterocycles. The number of aromatic nitrogens is 1. The first kappa shape index (κ1) is 22.5. The number of rotatable bonds is 9. The van der Waals surface area contributed by atoms with Gasteiger partial charge in [-0.05, 0) is 59.6 Å². The summed E-state index contributed by atoms with van der Waals surface area (Å²) >= 11 is 3.31. The Bertz CT molecular complexity index is 896. The lowest BCUT2D eigenvalue weighted by molar-refractivity contribution is -0.121. The molecule has 1 fully saturated rings. The monoisotopic (exact) mass is 477 g/mol. The first-order valence-electron chi connectivity index (χ1n) is 10.1. The molecule has 7 nitrogen and oxygen atoms in total. The van der Waals surface area contributed by atoms with Crippen LogP contribution < -0.4 is 15.6 Å². The second-order valence-electron chi connectivity index (χ2n) is 7.41. The molecule has 0 spiro atoms. The van der Waals surface area contributed by atoms with Gasteiger partial charge >= 0.3 is 0 Å². The molecule has 30 heavy (non-hydrogen) atoms. The molecule has 2 aromatic rings. The average Bonchev–Trinajstić information content (AvgIpc) is 2.76. The van der Waals surface area contributed by atoms with Crippen molar-refractivity contribution < 1.29 is 14.3 Å². The summed E-state index contributed by atoms with van der Waals surface area (Å²) in [4.78, 5) is 26.3. The van der Waals surface area contributed by atoms with Gasteiger partial charge in [-0.2, -0.15) is 0 Å². The van der Waals surface area contributed by atoms with Crippen molar-refractivity contribution in [2.45, 2.75) is 32.0 Å². The minimum absolute atomic E-state index is 0.0208. The van der Waals surface area contributed by atoms with Crippen molar-refractivity contribution in [3.63, 3.8) is 0 Å². The van der Waals surface area contributed by atoms with E-state index >= 15 is 0 Å². The molecule has 0 atom stereocenters. The van der Waals surface area contributed by atoms with Crippen LogP contribution in [0.4, 0.5) is 0 Å². The van der Waals surface area contributed by atoms with E-state index in [-0.39, 0.29) is 18.0 Å². The van der Waals surface area contributed by atoms with Crippen molar-refractivity contribution >= 4 is 21.8 Å². The van der Waals surface area contributed by atoms with E-state index in [0.29, 0.717) is 19.2 Å². The molecule has 162 valence electrons. The summed E-state index contributed by atoms with van der Waals surface area (Å²) in [6.07, 6.45) is 3.74. The molecule has 0 radical (unpaired) electrons. The molecule has 0 unspecified atom stereocenters. The zero-order valence-electron chi connectivity index (χ0n) is 17.2. The Labute approximate surface area is 185 Å². The number of ether oxygens (including phenoxy) is 2. The third kappa shape index (κ3) is 6.97. The molecule has 8 heteroatoms. The molecule has 1 aliphatic rings. The highest BCUT2D eigenvalue weighted by atomic mass is 79.9. The molecule has 1 amide bonds. The highest BCUT2D eigenvalue weighted by Crippen LogP contribution is 2.15. The summed E-state index contributed by atoms with van der Waals surface area (Å²) in [5, 5.41) is 2.85. The number of likely N-dealkylation sites (N-methyl/N-ethyl adjacent to an activating group) is 1. The predicted molar refractivity (Wildman–Crippen MR) is 119 cm³/mol. The summed E-state index contributed by atoms with van der Waals surface area (Å²) in [7, 11) is 2.13.